The van der Waals surface area contributed by atoms with E-state index in [0.717, 1.165) is 23.0 Å². The standard InChI is InChI=1S/C16H22N4O/c1-5-21-11-15-18-13(3)8-16(19-15)20(4)10-14-7-6-12(2)9-17-14/h6-9H,5,10-11H2,1-4H3. The Hall–Kier alpha value is -2.01. The molecule has 0 spiro atoms. The molecule has 0 saturated carbocycles. The Kier molecular flexibility index (Phi) is 5.22. The number of hydrogen-bond donors (Lipinski definition) is 0. The first-order valence-electron chi connectivity index (χ1n) is 7.13. The molecule has 0 fully saturated rings. The summed E-state index contributed by atoms with van der Waals surface area (Å²) in [6, 6.07) is 6.09. The van der Waals surface area contributed by atoms with E-state index >= 15 is 0 Å². The summed E-state index contributed by atoms with van der Waals surface area (Å²) < 4.78 is 5.38. The van der Waals surface area contributed by atoms with Gasteiger partial charge in [0.05, 0.1) is 12.2 Å². The first-order valence-corrected chi connectivity index (χ1v) is 7.13. The summed E-state index contributed by atoms with van der Waals surface area (Å²) in [5.41, 5.74) is 3.13. The van der Waals surface area contributed by atoms with Gasteiger partial charge in [-0.2, -0.15) is 0 Å². The number of anilines is 1. The first-order chi connectivity index (χ1) is 10.1. The van der Waals surface area contributed by atoms with Crippen LogP contribution in [0.4, 0.5) is 5.82 Å². The van der Waals surface area contributed by atoms with Gasteiger partial charge in [0.1, 0.15) is 12.4 Å². The molecule has 5 heteroatoms. The molecular weight excluding hydrogens is 264 g/mol. The van der Waals surface area contributed by atoms with Gasteiger partial charge in [0.2, 0.25) is 0 Å². The molecule has 0 radical (unpaired) electrons. The van der Waals surface area contributed by atoms with Crippen molar-refractivity contribution in [2.45, 2.75) is 33.9 Å². The first kappa shape index (κ1) is 15.4. The maximum atomic E-state index is 5.38. The van der Waals surface area contributed by atoms with Crippen molar-refractivity contribution in [3.05, 3.63) is 47.2 Å². The average Bonchev–Trinajstić information content (AvgIpc) is 2.47. The number of rotatable bonds is 6. The third kappa shape index (κ3) is 4.49. The quantitative estimate of drug-likeness (QED) is 0.817. The van der Waals surface area contributed by atoms with Gasteiger partial charge in [-0.3, -0.25) is 4.98 Å². The van der Waals surface area contributed by atoms with Crippen molar-refractivity contribution >= 4 is 5.82 Å². The molecule has 0 aliphatic carbocycles. The highest BCUT2D eigenvalue weighted by Crippen LogP contribution is 2.14. The SMILES string of the molecule is CCOCc1nc(C)cc(N(C)Cc2ccc(C)cn2)n1. The Morgan fingerprint density at radius 3 is 2.67 bits per heavy atom. The van der Waals surface area contributed by atoms with Crippen LogP contribution in [0, 0.1) is 13.8 Å². The van der Waals surface area contributed by atoms with E-state index in [1.807, 2.05) is 46.1 Å². The maximum absolute atomic E-state index is 5.38. The van der Waals surface area contributed by atoms with Crippen molar-refractivity contribution in [3.8, 4) is 0 Å². The Morgan fingerprint density at radius 2 is 2.00 bits per heavy atom. The van der Waals surface area contributed by atoms with Crippen LogP contribution >= 0.6 is 0 Å². The van der Waals surface area contributed by atoms with E-state index in [1.54, 1.807) is 0 Å². The molecule has 2 heterocycles. The summed E-state index contributed by atoms with van der Waals surface area (Å²) in [7, 11) is 2.01. The smallest absolute Gasteiger partial charge is 0.156 e. The molecule has 0 aliphatic rings. The van der Waals surface area contributed by atoms with Gasteiger partial charge < -0.3 is 9.64 Å². The number of aryl methyl sites for hydroxylation is 2. The fourth-order valence-electron chi connectivity index (χ4n) is 1.98. The zero-order chi connectivity index (χ0) is 15.2. The van der Waals surface area contributed by atoms with E-state index in [1.165, 1.54) is 5.56 Å². The van der Waals surface area contributed by atoms with Crippen LogP contribution in [0.1, 0.15) is 29.7 Å². The van der Waals surface area contributed by atoms with Crippen LogP contribution in [-0.2, 0) is 17.9 Å². The number of hydrogen-bond acceptors (Lipinski definition) is 5. The lowest BCUT2D eigenvalue weighted by molar-refractivity contribution is 0.128. The highest BCUT2D eigenvalue weighted by atomic mass is 16.5. The summed E-state index contributed by atoms with van der Waals surface area (Å²) >= 11 is 0. The minimum absolute atomic E-state index is 0.446. The van der Waals surface area contributed by atoms with Crippen molar-refractivity contribution in [1.29, 1.82) is 0 Å². The molecule has 2 aromatic heterocycles. The van der Waals surface area contributed by atoms with E-state index in [4.69, 9.17) is 4.74 Å². The van der Waals surface area contributed by atoms with Crippen molar-refractivity contribution in [2.75, 3.05) is 18.6 Å². The minimum atomic E-state index is 0.446. The zero-order valence-electron chi connectivity index (χ0n) is 13.1. The van der Waals surface area contributed by atoms with E-state index in [-0.39, 0.29) is 0 Å². The summed E-state index contributed by atoms with van der Waals surface area (Å²) in [6.45, 7) is 7.79. The summed E-state index contributed by atoms with van der Waals surface area (Å²) in [5.74, 6) is 1.61. The fourth-order valence-corrected chi connectivity index (χ4v) is 1.98. The van der Waals surface area contributed by atoms with Crippen LogP contribution in [0.3, 0.4) is 0 Å². The van der Waals surface area contributed by atoms with Crippen LogP contribution in [-0.4, -0.2) is 28.6 Å². The molecule has 112 valence electrons. The molecular formula is C16H22N4O. The topological polar surface area (TPSA) is 51.1 Å². The molecule has 0 bridgehead atoms. The molecule has 0 saturated heterocycles. The monoisotopic (exact) mass is 286 g/mol. The van der Waals surface area contributed by atoms with Crippen molar-refractivity contribution in [3.63, 3.8) is 0 Å². The summed E-state index contributed by atoms with van der Waals surface area (Å²) in [5, 5.41) is 0. The molecule has 0 atom stereocenters. The third-order valence-electron chi connectivity index (χ3n) is 3.09. The maximum Gasteiger partial charge on any atom is 0.156 e. The Morgan fingerprint density at radius 1 is 1.19 bits per heavy atom. The summed E-state index contributed by atoms with van der Waals surface area (Å²) in [4.78, 5) is 15.4. The Balaban J connectivity index is 2.12. The molecule has 21 heavy (non-hydrogen) atoms. The van der Waals surface area contributed by atoms with Gasteiger partial charge in [-0.1, -0.05) is 6.07 Å². The van der Waals surface area contributed by atoms with E-state index in [0.29, 0.717) is 19.8 Å². The van der Waals surface area contributed by atoms with Gasteiger partial charge in [-0.25, -0.2) is 9.97 Å². The van der Waals surface area contributed by atoms with Crippen molar-refractivity contribution in [2.24, 2.45) is 0 Å². The van der Waals surface area contributed by atoms with Gasteiger partial charge in [0, 0.05) is 31.6 Å². The van der Waals surface area contributed by atoms with E-state index in [2.05, 4.69) is 25.9 Å². The highest BCUT2D eigenvalue weighted by molar-refractivity contribution is 5.39. The molecule has 2 aromatic rings. The molecule has 0 amide bonds. The van der Waals surface area contributed by atoms with Crippen LogP contribution in [0.5, 0.6) is 0 Å². The largest absolute Gasteiger partial charge is 0.374 e. The van der Waals surface area contributed by atoms with Crippen LogP contribution in [0.2, 0.25) is 0 Å². The van der Waals surface area contributed by atoms with Crippen molar-refractivity contribution < 1.29 is 4.74 Å². The lowest BCUT2D eigenvalue weighted by Crippen LogP contribution is -2.19. The second kappa shape index (κ2) is 7.13. The van der Waals surface area contributed by atoms with Gasteiger partial charge in [0.25, 0.3) is 0 Å². The number of ether oxygens (including phenoxy) is 1. The predicted molar refractivity (Wildman–Crippen MR) is 83.2 cm³/mol. The highest BCUT2D eigenvalue weighted by Gasteiger charge is 2.08. The number of nitrogens with zero attached hydrogens (tertiary/aromatic N) is 4. The average molecular weight is 286 g/mol. The summed E-state index contributed by atoms with van der Waals surface area (Å²) in [6.07, 6.45) is 1.88. The zero-order valence-corrected chi connectivity index (χ0v) is 13.1. The number of aromatic nitrogens is 3. The molecule has 0 aromatic carbocycles. The van der Waals surface area contributed by atoms with Gasteiger partial charge >= 0.3 is 0 Å². The normalized spacial score (nSPS) is 10.7. The van der Waals surface area contributed by atoms with Crippen LogP contribution in [0.15, 0.2) is 24.4 Å². The lowest BCUT2D eigenvalue weighted by atomic mass is 10.2. The number of pyridine rings is 1. The fraction of sp³-hybridized carbons (Fsp3) is 0.438. The second-order valence-corrected chi connectivity index (χ2v) is 5.10. The second-order valence-electron chi connectivity index (χ2n) is 5.10. The van der Waals surface area contributed by atoms with Gasteiger partial charge in [-0.15, -0.1) is 0 Å². The van der Waals surface area contributed by atoms with Crippen LogP contribution < -0.4 is 4.90 Å². The molecule has 5 nitrogen and oxygen atoms in total. The van der Waals surface area contributed by atoms with Crippen molar-refractivity contribution in [1.82, 2.24) is 15.0 Å². The van der Waals surface area contributed by atoms with Gasteiger partial charge in [-0.05, 0) is 32.4 Å². The van der Waals surface area contributed by atoms with Crippen LogP contribution in [0.25, 0.3) is 0 Å². The molecule has 0 aliphatic heterocycles. The van der Waals surface area contributed by atoms with E-state index in [9.17, 15) is 0 Å². The molecule has 2 rings (SSSR count). The third-order valence-corrected chi connectivity index (χ3v) is 3.09. The minimum Gasteiger partial charge on any atom is -0.374 e. The lowest BCUT2D eigenvalue weighted by Gasteiger charge is -2.19. The Bertz CT molecular complexity index is 583. The molecule has 0 unspecified atom stereocenters. The van der Waals surface area contributed by atoms with E-state index < -0.39 is 0 Å². The van der Waals surface area contributed by atoms with Gasteiger partial charge in [0.15, 0.2) is 5.82 Å². The predicted octanol–water partition coefficient (Wildman–Crippen LogP) is 2.66. The Labute approximate surface area is 126 Å². The molecule has 0 N–H and O–H groups in total.